The molecule has 0 radical (unpaired) electrons. The van der Waals surface area contributed by atoms with Crippen molar-refractivity contribution in [3.63, 3.8) is 0 Å². The van der Waals surface area contributed by atoms with Gasteiger partial charge < -0.3 is 20.1 Å². The molecule has 1 heterocycles. The summed E-state index contributed by atoms with van der Waals surface area (Å²) in [5.41, 5.74) is 7.02. The van der Waals surface area contributed by atoms with Gasteiger partial charge in [0.05, 0.1) is 19.3 Å². The fourth-order valence-corrected chi connectivity index (χ4v) is 2.21. The predicted octanol–water partition coefficient (Wildman–Crippen LogP) is 1.50. The molecule has 20 heavy (non-hydrogen) atoms. The molecule has 0 bridgehead atoms. The van der Waals surface area contributed by atoms with Gasteiger partial charge in [-0.15, -0.1) is 0 Å². The molecule has 2 N–H and O–H groups in total. The number of ether oxygens (including phenoxy) is 2. The molecule has 0 aliphatic rings. The van der Waals surface area contributed by atoms with Gasteiger partial charge in [0.15, 0.2) is 0 Å². The van der Waals surface area contributed by atoms with Gasteiger partial charge in [0, 0.05) is 26.3 Å². The Bertz CT molecular complexity index is 401. The van der Waals surface area contributed by atoms with Gasteiger partial charge in [-0.2, -0.15) is 0 Å². The Balaban J connectivity index is 3.08. The summed E-state index contributed by atoms with van der Waals surface area (Å²) in [4.78, 5) is 10.7. The van der Waals surface area contributed by atoms with Gasteiger partial charge in [-0.1, -0.05) is 13.3 Å². The van der Waals surface area contributed by atoms with Gasteiger partial charge in [0.25, 0.3) is 0 Å². The molecule has 0 aliphatic carbocycles. The van der Waals surface area contributed by atoms with Crippen molar-refractivity contribution in [1.82, 2.24) is 9.97 Å². The van der Waals surface area contributed by atoms with Gasteiger partial charge in [0.2, 0.25) is 0 Å². The summed E-state index contributed by atoms with van der Waals surface area (Å²) < 4.78 is 10.5. The average Bonchev–Trinajstić information content (AvgIpc) is 2.43. The van der Waals surface area contributed by atoms with Crippen molar-refractivity contribution in [2.45, 2.75) is 32.7 Å². The SMILES string of the molecule is CCCc1c(N)ncnc1N(CCOC)C(C)COC. The van der Waals surface area contributed by atoms with Crippen molar-refractivity contribution in [3.05, 3.63) is 11.9 Å². The Kier molecular flexibility index (Phi) is 7.25. The molecule has 1 rings (SSSR count). The largest absolute Gasteiger partial charge is 0.383 e. The summed E-state index contributed by atoms with van der Waals surface area (Å²) in [6, 6.07) is 0.194. The zero-order chi connectivity index (χ0) is 15.0. The third-order valence-electron chi connectivity index (χ3n) is 3.20. The highest BCUT2D eigenvalue weighted by Gasteiger charge is 2.20. The topological polar surface area (TPSA) is 73.5 Å². The van der Waals surface area contributed by atoms with Gasteiger partial charge in [-0.25, -0.2) is 9.97 Å². The van der Waals surface area contributed by atoms with E-state index in [0.717, 1.165) is 30.8 Å². The summed E-state index contributed by atoms with van der Waals surface area (Å²) in [5, 5.41) is 0. The Morgan fingerprint density at radius 2 is 2.05 bits per heavy atom. The lowest BCUT2D eigenvalue weighted by Crippen LogP contribution is -2.40. The first-order valence-corrected chi connectivity index (χ1v) is 6.99. The van der Waals surface area contributed by atoms with E-state index in [1.54, 1.807) is 14.2 Å². The van der Waals surface area contributed by atoms with Crippen LogP contribution in [-0.4, -0.2) is 50.0 Å². The maximum atomic E-state index is 6.01. The molecule has 1 aromatic heterocycles. The van der Waals surface area contributed by atoms with Crippen LogP contribution in [0.25, 0.3) is 0 Å². The van der Waals surface area contributed by atoms with Gasteiger partial charge >= 0.3 is 0 Å². The highest BCUT2D eigenvalue weighted by Crippen LogP contribution is 2.24. The smallest absolute Gasteiger partial charge is 0.137 e. The number of aromatic nitrogens is 2. The van der Waals surface area contributed by atoms with E-state index in [2.05, 4.69) is 28.7 Å². The molecule has 6 nitrogen and oxygen atoms in total. The fraction of sp³-hybridized carbons (Fsp3) is 0.714. The van der Waals surface area contributed by atoms with Crippen LogP contribution < -0.4 is 10.6 Å². The second-order valence-corrected chi connectivity index (χ2v) is 4.80. The Hall–Kier alpha value is -1.40. The number of nitrogens with zero attached hydrogens (tertiary/aromatic N) is 3. The van der Waals surface area contributed by atoms with Crippen molar-refractivity contribution in [2.24, 2.45) is 0 Å². The van der Waals surface area contributed by atoms with Gasteiger partial charge in [-0.3, -0.25) is 0 Å². The van der Waals surface area contributed by atoms with Crippen molar-refractivity contribution < 1.29 is 9.47 Å². The van der Waals surface area contributed by atoms with E-state index in [9.17, 15) is 0 Å². The van der Waals surface area contributed by atoms with Crippen molar-refractivity contribution in [1.29, 1.82) is 0 Å². The number of nitrogen functional groups attached to an aromatic ring is 1. The molecule has 1 unspecified atom stereocenters. The zero-order valence-corrected chi connectivity index (χ0v) is 12.9. The molecule has 0 saturated carbocycles. The molecule has 1 atom stereocenters. The quantitative estimate of drug-likeness (QED) is 0.740. The van der Waals surface area contributed by atoms with Gasteiger partial charge in [-0.05, 0) is 13.3 Å². The maximum absolute atomic E-state index is 6.01. The minimum atomic E-state index is 0.194. The summed E-state index contributed by atoms with van der Waals surface area (Å²) in [6.45, 7) is 6.22. The normalized spacial score (nSPS) is 12.4. The maximum Gasteiger partial charge on any atom is 0.137 e. The van der Waals surface area contributed by atoms with Crippen molar-refractivity contribution >= 4 is 11.6 Å². The van der Waals surface area contributed by atoms with Crippen LogP contribution in [0, 0.1) is 0 Å². The van der Waals surface area contributed by atoms with Gasteiger partial charge in [0.1, 0.15) is 18.0 Å². The van der Waals surface area contributed by atoms with Crippen LogP contribution in [0.5, 0.6) is 0 Å². The van der Waals surface area contributed by atoms with E-state index in [-0.39, 0.29) is 6.04 Å². The minimum absolute atomic E-state index is 0.194. The van der Waals surface area contributed by atoms with Crippen LogP contribution in [0.1, 0.15) is 25.8 Å². The highest BCUT2D eigenvalue weighted by atomic mass is 16.5. The van der Waals surface area contributed by atoms with E-state index < -0.39 is 0 Å². The van der Waals surface area contributed by atoms with Crippen LogP contribution in [0.4, 0.5) is 11.6 Å². The molecule has 1 aromatic rings. The Labute approximate surface area is 121 Å². The van der Waals surface area contributed by atoms with E-state index >= 15 is 0 Å². The number of rotatable bonds is 9. The van der Waals surface area contributed by atoms with Crippen molar-refractivity contribution in [2.75, 3.05) is 44.6 Å². The monoisotopic (exact) mass is 282 g/mol. The molecular weight excluding hydrogens is 256 g/mol. The number of hydrogen-bond donors (Lipinski definition) is 1. The van der Waals surface area contributed by atoms with Crippen LogP contribution >= 0.6 is 0 Å². The van der Waals surface area contributed by atoms with Crippen LogP contribution in [0.2, 0.25) is 0 Å². The number of methoxy groups -OCH3 is 2. The number of anilines is 2. The minimum Gasteiger partial charge on any atom is -0.383 e. The third-order valence-corrected chi connectivity index (χ3v) is 3.20. The molecule has 0 saturated heterocycles. The molecule has 0 amide bonds. The van der Waals surface area contributed by atoms with E-state index in [0.29, 0.717) is 19.0 Å². The lowest BCUT2D eigenvalue weighted by Gasteiger charge is -2.31. The summed E-state index contributed by atoms with van der Waals surface area (Å²) in [5.74, 6) is 1.45. The highest BCUT2D eigenvalue weighted by molar-refractivity contribution is 5.57. The molecule has 0 aromatic carbocycles. The lowest BCUT2D eigenvalue weighted by atomic mass is 10.1. The summed E-state index contributed by atoms with van der Waals surface area (Å²) in [7, 11) is 3.40. The standard InChI is InChI=1S/C14H26N4O2/c1-5-6-12-13(15)16-10-17-14(12)18(7-8-19-3)11(2)9-20-4/h10-11H,5-9H2,1-4H3,(H2,15,16,17). The second-order valence-electron chi connectivity index (χ2n) is 4.80. The Morgan fingerprint density at radius 1 is 1.30 bits per heavy atom. The predicted molar refractivity (Wildman–Crippen MR) is 81.0 cm³/mol. The van der Waals surface area contributed by atoms with Crippen LogP contribution in [-0.2, 0) is 15.9 Å². The molecule has 6 heteroatoms. The summed E-state index contributed by atoms with van der Waals surface area (Å²) in [6.07, 6.45) is 3.38. The first-order valence-electron chi connectivity index (χ1n) is 6.99. The third kappa shape index (κ3) is 4.31. The molecular formula is C14H26N4O2. The fourth-order valence-electron chi connectivity index (χ4n) is 2.21. The van der Waals surface area contributed by atoms with E-state index in [1.807, 2.05) is 0 Å². The second kappa shape index (κ2) is 8.71. The van der Waals surface area contributed by atoms with Crippen molar-refractivity contribution in [3.8, 4) is 0 Å². The lowest BCUT2D eigenvalue weighted by molar-refractivity contribution is 0.170. The molecule has 0 aliphatic heterocycles. The zero-order valence-electron chi connectivity index (χ0n) is 12.9. The van der Waals surface area contributed by atoms with E-state index in [4.69, 9.17) is 15.2 Å². The molecule has 114 valence electrons. The average molecular weight is 282 g/mol. The first kappa shape index (κ1) is 16.7. The van der Waals surface area contributed by atoms with E-state index in [1.165, 1.54) is 6.33 Å². The number of nitrogens with two attached hydrogens (primary N) is 1. The van der Waals surface area contributed by atoms with Crippen LogP contribution in [0.3, 0.4) is 0 Å². The Morgan fingerprint density at radius 3 is 2.65 bits per heavy atom. The summed E-state index contributed by atoms with van der Waals surface area (Å²) >= 11 is 0. The first-order chi connectivity index (χ1) is 9.65. The molecule has 0 fully saturated rings. The van der Waals surface area contributed by atoms with Crippen LogP contribution in [0.15, 0.2) is 6.33 Å². The molecule has 0 spiro atoms. The number of hydrogen-bond acceptors (Lipinski definition) is 6.